The first-order valence-electron chi connectivity index (χ1n) is 6.00. The van der Waals surface area contributed by atoms with E-state index in [2.05, 4.69) is 4.98 Å². The zero-order valence-corrected chi connectivity index (χ0v) is 12.2. The molecule has 1 heterocycles. The van der Waals surface area contributed by atoms with Crippen molar-refractivity contribution in [1.29, 1.82) is 0 Å². The Labute approximate surface area is 121 Å². The lowest BCUT2D eigenvalue weighted by atomic mass is 10.2. The van der Waals surface area contributed by atoms with Gasteiger partial charge in [0.1, 0.15) is 5.82 Å². The number of fused-ring (bicyclic) bond motifs is 1. The van der Waals surface area contributed by atoms with E-state index in [9.17, 15) is 4.79 Å². The predicted octanol–water partition coefficient (Wildman–Crippen LogP) is 3.43. The van der Waals surface area contributed by atoms with Crippen molar-refractivity contribution in [3.8, 4) is 0 Å². The molecule has 2 N–H and O–H groups in total. The maximum Gasteiger partial charge on any atom is 0.219 e. The predicted molar refractivity (Wildman–Crippen MR) is 77.5 cm³/mol. The lowest BCUT2D eigenvalue weighted by Gasteiger charge is -2.17. The average molecular weight is 300 g/mol. The number of amides is 1. The third-order valence-corrected chi connectivity index (χ3v) is 3.40. The van der Waals surface area contributed by atoms with Crippen molar-refractivity contribution in [1.82, 2.24) is 9.55 Å². The molecule has 1 aromatic heterocycles. The van der Waals surface area contributed by atoms with Gasteiger partial charge in [0, 0.05) is 17.5 Å². The lowest BCUT2D eigenvalue weighted by molar-refractivity contribution is -0.118. The Kier molecular flexibility index (Phi) is 4.02. The Hall–Kier alpha value is -1.26. The van der Waals surface area contributed by atoms with Gasteiger partial charge in [0.2, 0.25) is 5.91 Å². The van der Waals surface area contributed by atoms with Crippen molar-refractivity contribution in [2.75, 3.05) is 0 Å². The van der Waals surface area contributed by atoms with E-state index in [1.165, 1.54) is 0 Å². The smallest absolute Gasteiger partial charge is 0.219 e. The number of aromatic nitrogens is 2. The van der Waals surface area contributed by atoms with E-state index in [0.717, 1.165) is 11.0 Å². The number of rotatable bonds is 4. The number of nitrogens with zero attached hydrogens (tertiary/aromatic N) is 2. The summed E-state index contributed by atoms with van der Waals surface area (Å²) in [5, 5.41) is 0.357. The van der Waals surface area contributed by atoms with Gasteiger partial charge in [0.05, 0.1) is 16.4 Å². The van der Waals surface area contributed by atoms with Gasteiger partial charge in [-0.2, -0.15) is 0 Å². The topological polar surface area (TPSA) is 60.9 Å². The van der Waals surface area contributed by atoms with Crippen LogP contribution >= 0.6 is 23.2 Å². The molecule has 0 radical (unpaired) electrons. The normalized spacial score (nSPS) is 14.5. The van der Waals surface area contributed by atoms with E-state index >= 15 is 0 Å². The lowest BCUT2D eigenvalue weighted by Crippen LogP contribution is -2.19. The maximum absolute atomic E-state index is 11.1. The molecule has 0 aliphatic rings. The molecule has 19 heavy (non-hydrogen) atoms. The summed E-state index contributed by atoms with van der Waals surface area (Å²) < 4.78 is 1.93. The molecule has 2 atom stereocenters. The van der Waals surface area contributed by atoms with Crippen LogP contribution in [0.4, 0.5) is 0 Å². The van der Waals surface area contributed by atoms with E-state index in [-0.39, 0.29) is 23.7 Å². The highest BCUT2D eigenvalue weighted by molar-refractivity contribution is 6.31. The second kappa shape index (κ2) is 5.39. The Morgan fingerprint density at radius 1 is 1.47 bits per heavy atom. The number of benzene rings is 1. The summed E-state index contributed by atoms with van der Waals surface area (Å²) in [5.74, 6) is 0.359. The molecule has 4 nitrogen and oxygen atoms in total. The van der Waals surface area contributed by atoms with Crippen LogP contribution in [0.3, 0.4) is 0 Å². The monoisotopic (exact) mass is 299 g/mol. The molecule has 0 aliphatic carbocycles. The Morgan fingerprint density at radius 2 is 2.16 bits per heavy atom. The first-order chi connectivity index (χ1) is 8.90. The molecule has 0 aliphatic heterocycles. The molecule has 102 valence electrons. The fraction of sp³-hybridized carbons (Fsp3) is 0.385. The number of alkyl halides is 1. The number of hydrogen-bond acceptors (Lipinski definition) is 2. The first-order valence-corrected chi connectivity index (χ1v) is 6.81. The van der Waals surface area contributed by atoms with Crippen LogP contribution in [0, 0.1) is 0 Å². The summed E-state index contributed by atoms with van der Waals surface area (Å²) >= 11 is 12.2. The van der Waals surface area contributed by atoms with E-state index in [0.29, 0.717) is 10.8 Å². The minimum atomic E-state index is -0.357. The number of primary amides is 1. The highest BCUT2D eigenvalue weighted by Gasteiger charge is 2.20. The van der Waals surface area contributed by atoms with Crippen LogP contribution in [0.1, 0.15) is 37.5 Å². The van der Waals surface area contributed by atoms with E-state index in [1.807, 2.05) is 30.5 Å². The molecule has 0 bridgehead atoms. The van der Waals surface area contributed by atoms with Gasteiger partial charge >= 0.3 is 0 Å². The molecule has 0 spiro atoms. The number of nitrogens with two attached hydrogens (primary N) is 1. The third kappa shape index (κ3) is 2.85. The molecule has 0 saturated carbocycles. The van der Waals surface area contributed by atoms with Crippen molar-refractivity contribution in [2.24, 2.45) is 5.73 Å². The van der Waals surface area contributed by atoms with Gasteiger partial charge < -0.3 is 10.3 Å². The summed E-state index contributed by atoms with van der Waals surface area (Å²) in [7, 11) is 0. The molecule has 1 aromatic carbocycles. The SMILES string of the molecule is CC(Cl)c1nc2ccc(Cl)cc2n1C(C)CC(N)=O. The van der Waals surface area contributed by atoms with Crippen LogP contribution in [-0.4, -0.2) is 15.5 Å². The van der Waals surface area contributed by atoms with E-state index in [4.69, 9.17) is 28.9 Å². The summed E-state index contributed by atoms with van der Waals surface area (Å²) in [6, 6.07) is 5.33. The van der Waals surface area contributed by atoms with Gasteiger partial charge in [-0.3, -0.25) is 4.79 Å². The highest BCUT2D eigenvalue weighted by Crippen LogP contribution is 2.30. The average Bonchev–Trinajstić information content (AvgIpc) is 2.66. The van der Waals surface area contributed by atoms with Gasteiger partial charge in [-0.25, -0.2) is 4.98 Å². The second-order valence-electron chi connectivity index (χ2n) is 4.61. The Balaban J connectivity index is 2.63. The van der Waals surface area contributed by atoms with Crippen LogP contribution in [-0.2, 0) is 4.79 Å². The summed E-state index contributed by atoms with van der Waals surface area (Å²) in [6.07, 6.45) is 0.231. The van der Waals surface area contributed by atoms with Crippen LogP contribution in [0.15, 0.2) is 18.2 Å². The number of hydrogen-bond donors (Lipinski definition) is 1. The maximum atomic E-state index is 11.1. The standard InChI is InChI=1S/C13H15Cl2N3O/c1-7(5-12(16)19)18-11-6-9(15)3-4-10(11)17-13(18)8(2)14/h3-4,6-8H,5H2,1-2H3,(H2,16,19). The minimum absolute atomic E-state index is 0.114. The molecule has 6 heteroatoms. The van der Waals surface area contributed by atoms with Gasteiger partial charge in [0.15, 0.2) is 0 Å². The van der Waals surface area contributed by atoms with Crippen LogP contribution in [0.5, 0.6) is 0 Å². The number of halogens is 2. The van der Waals surface area contributed by atoms with Crippen LogP contribution < -0.4 is 5.73 Å². The summed E-state index contributed by atoms with van der Waals surface area (Å²) in [5.41, 5.74) is 6.94. The fourth-order valence-corrected chi connectivity index (χ4v) is 2.53. The van der Waals surface area contributed by atoms with Crippen molar-refractivity contribution in [2.45, 2.75) is 31.7 Å². The van der Waals surface area contributed by atoms with E-state index in [1.54, 1.807) is 6.07 Å². The van der Waals surface area contributed by atoms with Crippen molar-refractivity contribution in [3.63, 3.8) is 0 Å². The molecular formula is C13H15Cl2N3O. The Bertz CT molecular complexity index is 622. The highest BCUT2D eigenvalue weighted by atomic mass is 35.5. The van der Waals surface area contributed by atoms with Crippen molar-refractivity contribution in [3.05, 3.63) is 29.0 Å². The summed E-state index contributed by atoms with van der Waals surface area (Å²) in [4.78, 5) is 15.6. The number of carbonyl (C=O) groups is 1. The molecule has 0 fully saturated rings. The molecule has 2 aromatic rings. The minimum Gasteiger partial charge on any atom is -0.370 e. The van der Waals surface area contributed by atoms with Crippen LogP contribution in [0.25, 0.3) is 11.0 Å². The van der Waals surface area contributed by atoms with Crippen LogP contribution in [0.2, 0.25) is 5.02 Å². The molecular weight excluding hydrogens is 285 g/mol. The Morgan fingerprint density at radius 3 is 2.74 bits per heavy atom. The zero-order chi connectivity index (χ0) is 14.2. The quantitative estimate of drug-likeness (QED) is 0.879. The van der Waals surface area contributed by atoms with Gasteiger partial charge in [-0.15, -0.1) is 11.6 Å². The molecule has 0 saturated heterocycles. The van der Waals surface area contributed by atoms with Gasteiger partial charge in [-0.1, -0.05) is 11.6 Å². The first kappa shape index (κ1) is 14.2. The summed E-state index contributed by atoms with van der Waals surface area (Å²) in [6.45, 7) is 3.76. The second-order valence-corrected chi connectivity index (χ2v) is 5.70. The van der Waals surface area contributed by atoms with E-state index < -0.39 is 0 Å². The zero-order valence-electron chi connectivity index (χ0n) is 10.7. The number of imidazole rings is 1. The molecule has 1 amide bonds. The van der Waals surface area contributed by atoms with Crippen molar-refractivity contribution < 1.29 is 4.79 Å². The fourth-order valence-electron chi connectivity index (χ4n) is 2.21. The third-order valence-electron chi connectivity index (χ3n) is 2.97. The molecule has 2 rings (SSSR count). The largest absolute Gasteiger partial charge is 0.370 e. The van der Waals surface area contributed by atoms with Gasteiger partial charge in [0.25, 0.3) is 0 Å². The molecule has 2 unspecified atom stereocenters. The van der Waals surface area contributed by atoms with Crippen molar-refractivity contribution >= 4 is 40.1 Å². The number of carbonyl (C=O) groups excluding carboxylic acids is 1. The van der Waals surface area contributed by atoms with Gasteiger partial charge in [-0.05, 0) is 32.0 Å².